The number of hydrogen-bond donors (Lipinski definition) is 1. The average molecular weight is 471 g/mol. The minimum absolute atomic E-state index is 0.0743. The molecule has 0 aliphatic carbocycles. The van der Waals surface area contributed by atoms with E-state index in [0.717, 1.165) is 24.1 Å². The Kier molecular flexibility index (Phi) is 8.75. The van der Waals surface area contributed by atoms with Crippen LogP contribution in [0.5, 0.6) is 0 Å². The highest BCUT2D eigenvalue weighted by molar-refractivity contribution is 6.31. The molecule has 0 spiro atoms. The largest absolute Gasteiger partial charge is 0.355 e. The molecular weight excluding hydrogens is 436 g/mol. The molecule has 1 heterocycles. The number of hydrogen-bond acceptors (Lipinski definition) is 4. The van der Waals surface area contributed by atoms with Gasteiger partial charge in [-0.15, -0.1) is 0 Å². The van der Waals surface area contributed by atoms with Gasteiger partial charge in [-0.3, -0.25) is 14.6 Å². The molecule has 178 valence electrons. The van der Waals surface area contributed by atoms with Crippen molar-refractivity contribution in [2.24, 2.45) is 5.92 Å². The Hall–Kier alpha value is -2.57. The second-order valence-electron chi connectivity index (χ2n) is 9.13. The van der Waals surface area contributed by atoms with Crippen molar-refractivity contribution < 1.29 is 9.59 Å². The number of rotatable bonds is 10. The number of carbonyl (C=O) groups is 2. The summed E-state index contributed by atoms with van der Waals surface area (Å²) in [4.78, 5) is 27.8. The molecule has 1 aliphatic heterocycles. The maximum atomic E-state index is 13.3. The van der Waals surface area contributed by atoms with Crippen LogP contribution >= 0.6 is 11.6 Å². The van der Waals surface area contributed by atoms with Crippen molar-refractivity contribution in [2.75, 3.05) is 31.6 Å². The molecular formula is C26H35ClN4O2. The third kappa shape index (κ3) is 6.71. The van der Waals surface area contributed by atoms with Crippen molar-refractivity contribution in [3.8, 4) is 0 Å². The van der Waals surface area contributed by atoms with Gasteiger partial charge in [0, 0.05) is 37.4 Å². The summed E-state index contributed by atoms with van der Waals surface area (Å²) in [6.45, 7) is 8.48. The fourth-order valence-corrected chi connectivity index (χ4v) is 4.25. The van der Waals surface area contributed by atoms with E-state index in [1.54, 1.807) is 12.1 Å². The highest BCUT2D eigenvalue weighted by Crippen LogP contribution is 2.27. The Morgan fingerprint density at radius 3 is 2.36 bits per heavy atom. The van der Waals surface area contributed by atoms with Gasteiger partial charge >= 0.3 is 0 Å². The molecule has 0 saturated carbocycles. The number of likely N-dealkylation sites (N-methyl/N-ethyl adjacent to an activating group) is 1. The van der Waals surface area contributed by atoms with E-state index in [4.69, 9.17) is 11.6 Å². The third-order valence-electron chi connectivity index (χ3n) is 6.13. The summed E-state index contributed by atoms with van der Waals surface area (Å²) in [6.07, 6.45) is 2.01. The van der Waals surface area contributed by atoms with E-state index in [1.807, 2.05) is 47.2 Å². The first-order valence-corrected chi connectivity index (χ1v) is 12.0. The van der Waals surface area contributed by atoms with Crippen molar-refractivity contribution in [1.82, 2.24) is 15.3 Å². The topological polar surface area (TPSA) is 55.9 Å². The van der Waals surface area contributed by atoms with Crippen molar-refractivity contribution in [1.29, 1.82) is 0 Å². The Morgan fingerprint density at radius 1 is 1.06 bits per heavy atom. The molecule has 0 radical (unpaired) electrons. The van der Waals surface area contributed by atoms with E-state index < -0.39 is 0 Å². The molecule has 0 saturated heterocycles. The summed E-state index contributed by atoms with van der Waals surface area (Å²) in [7, 11) is 1.79. The van der Waals surface area contributed by atoms with Gasteiger partial charge in [0.1, 0.15) is 0 Å². The maximum absolute atomic E-state index is 13.3. The number of carbonyl (C=O) groups excluding carboxylic acids is 2. The SMILES string of the molecule is Cc1c(Cl)cccc1N(CC(=O)NCCCC(C)C)CC(=O)N(C)N1Cc2ccccc2C1. The maximum Gasteiger partial charge on any atom is 0.256 e. The number of hydrazine groups is 1. The Bertz CT molecular complexity index is 954. The lowest BCUT2D eigenvalue weighted by Gasteiger charge is -2.32. The molecule has 1 aliphatic rings. The van der Waals surface area contributed by atoms with Gasteiger partial charge in [0.25, 0.3) is 5.91 Å². The number of halogens is 1. The molecule has 33 heavy (non-hydrogen) atoms. The molecule has 2 aromatic carbocycles. The highest BCUT2D eigenvalue weighted by atomic mass is 35.5. The number of benzene rings is 2. The molecule has 2 amide bonds. The number of amides is 2. The summed E-state index contributed by atoms with van der Waals surface area (Å²) in [5.41, 5.74) is 4.13. The number of anilines is 1. The first-order valence-electron chi connectivity index (χ1n) is 11.6. The number of fused-ring (bicyclic) bond motifs is 1. The molecule has 3 rings (SSSR count). The summed E-state index contributed by atoms with van der Waals surface area (Å²) >= 11 is 6.35. The van der Waals surface area contributed by atoms with Gasteiger partial charge in [-0.2, -0.15) is 0 Å². The van der Waals surface area contributed by atoms with Crippen LogP contribution in [0.3, 0.4) is 0 Å². The molecule has 0 unspecified atom stereocenters. The van der Waals surface area contributed by atoms with Gasteiger partial charge in [-0.05, 0) is 54.5 Å². The second-order valence-corrected chi connectivity index (χ2v) is 9.54. The molecule has 0 atom stereocenters. The fourth-order valence-electron chi connectivity index (χ4n) is 4.08. The third-order valence-corrected chi connectivity index (χ3v) is 6.54. The first kappa shape index (κ1) is 25.1. The standard InChI is InChI=1S/C26H35ClN4O2/c1-19(2)9-8-14-28-25(32)17-30(24-13-7-12-23(27)20(24)3)18-26(33)29(4)31-15-21-10-5-6-11-22(21)16-31/h5-7,10-13,19H,8-9,14-18H2,1-4H3,(H,28,32). The lowest BCUT2D eigenvalue weighted by atomic mass is 10.1. The monoisotopic (exact) mass is 470 g/mol. The number of nitrogens with one attached hydrogen (secondary N) is 1. The van der Waals surface area contributed by atoms with E-state index in [-0.39, 0.29) is 24.9 Å². The highest BCUT2D eigenvalue weighted by Gasteiger charge is 2.27. The molecule has 0 aromatic heterocycles. The van der Waals surface area contributed by atoms with Gasteiger partial charge in [0.15, 0.2) is 0 Å². The molecule has 1 N–H and O–H groups in total. The first-order chi connectivity index (χ1) is 15.8. The van der Waals surface area contributed by atoms with Gasteiger partial charge in [-0.25, -0.2) is 5.01 Å². The molecule has 0 fully saturated rings. The summed E-state index contributed by atoms with van der Waals surface area (Å²) < 4.78 is 0. The predicted molar refractivity (Wildman–Crippen MR) is 134 cm³/mol. The van der Waals surface area contributed by atoms with E-state index in [1.165, 1.54) is 11.1 Å². The van der Waals surface area contributed by atoms with Crippen LogP contribution in [-0.2, 0) is 22.7 Å². The minimum Gasteiger partial charge on any atom is -0.355 e. The van der Waals surface area contributed by atoms with Crippen LogP contribution in [0.2, 0.25) is 5.02 Å². The van der Waals surface area contributed by atoms with Crippen LogP contribution in [-0.4, -0.2) is 48.5 Å². The normalized spacial score (nSPS) is 13.2. The van der Waals surface area contributed by atoms with E-state index >= 15 is 0 Å². The molecule has 6 nitrogen and oxygen atoms in total. The average Bonchev–Trinajstić information content (AvgIpc) is 3.21. The Morgan fingerprint density at radius 2 is 1.73 bits per heavy atom. The molecule has 7 heteroatoms. The van der Waals surface area contributed by atoms with E-state index in [0.29, 0.717) is 30.6 Å². The molecule has 2 aromatic rings. The quantitative estimate of drug-likeness (QED) is 0.523. The van der Waals surface area contributed by atoms with Gasteiger partial charge < -0.3 is 10.2 Å². The minimum atomic E-state index is -0.0952. The zero-order valence-electron chi connectivity index (χ0n) is 20.1. The lowest BCUT2D eigenvalue weighted by molar-refractivity contribution is -0.145. The zero-order valence-corrected chi connectivity index (χ0v) is 20.9. The van der Waals surface area contributed by atoms with Crippen LogP contribution in [0.15, 0.2) is 42.5 Å². The van der Waals surface area contributed by atoms with E-state index in [9.17, 15) is 9.59 Å². The van der Waals surface area contributed by atoms with Gasteiger partial charge in [0.2, 0.25) is 5.91 Å². The van der Waals surface area contributed by atoms with Crippen LogP contribution in [0.25, 0.3) is 0 Å². The van der Waals surface area contributed by atoms with Gasteiger partial charge in [0.05, 0.1) is 13.1 Å². The summed E-state index contributed by atoms with van der Waals surface area (Å²) in [5.74, 6) is 0.439. The summed E-state index contributed by atoms with van der Waals surface area (Å²) in [6, 6.07) is 13.8. The lowest BCUT2D eigenvalue weighted by Crippen LogP contribution is -2.48. The van der Waals surface area contributed by atoms with Gasteiger partial charge in [-0.1, -0.05) is 55.8 Å². The smallest absolute Gasteiger partial charge is 0.256 e. The second kappa shape index (κ2) is 11.5. The van der Waals surface area contributed by atoms with Crippen molar-refractivity contribution in [3.63, 3.8) is 0 Å². The van der Waals surface area contributed by atoms with Crippen molar-refractivity contribution in [2.45, 2.75) is 46.7 Å². The zero-order chi connectivity index (χ0) is 24.0. The number of nitrogens with zero attached hydrogens (tertiary/aromatic N) is 3. The summed E-state index contributed by atoms with van der Waals surface area (Å²) in [5, 5.41) is 7.31. The van der Waals surface area contributed by atoms with E-state index in [2.05, 4.69) is 31.3 Å². The van der Waals surface area contributed by atoms with Crippen LogP contribution in [0.4, 0.5) is 5.69 Å². The van der Waals surface area contributed by atoms with Crippen molar-refractivity contribution in [3.05, 3.63) is 64.2 Å². The predicted octanol–water partition coefficient (Wildman–Crippen LogP) is 4.40. The fraction of sp³-hybridized carbons (Fsp3) is 0.462. The Labute approximate surface area is 202 Å². The van der Waals surface area contributed by atoms with Crippen LogP contribution in [0.1, 0.15) is 43.4 Å². The van der Waals surface area contributed by atoms with Crippen LogP contribution < -0.4 is 10.2 Å². The molecule has 0 bridgehead atoms. The Balaban J connectivity index is 1.68. The van der Waals surface area contributed by atoms with Crippen LogP contribution in [0, 0.1) is 12.8 Å². The van der Waals surface area contributed by atoms with Crippen molar-refractivity contribution >= 4 is 29.1 Å².